The van der Waals surface area contributed by atoms with Crippen LogP contribution in [-0.4, -0.2) is 42.2 Å². The van der Waals surface area contributed by atoms with Crippen molar-refractivity contribution in [1.82, 2.24) is 15.3 Å². The standard InChI is InChI=1S/C18H24N6/c1-3-24(4-2)18-16-9-17(22-14-6-5-7-20-12-14)21-11-13(16)8-15(10-19)23-18/h8-9,11,14,20H,3-7,12H2,1-2H3,(H,21,22)/t14-/m0/s1. The van der Waals surface area contributed by atoms with Crippen LogP contribution in [0.1, 0.15) is 32.4 Å². The maximum atomic E-state index is 9.25. The highest BCUT2D eigenvalue weighted by molar-refractivity contribution is 5.94. The van der Waals surface area contributed by atoms with Crippen LogP contribution in [0.15, 0.2) is 18.3 Å². The molecule has 2 N–H and O–H groups in total. The van der Waals surface area contributed by atoms with Crippen LogP contribution in [0.4, 0.5) is 11.6 Å². The van der Waals surface area contributed by atoms with Gasteiger partial charge in [0.25, 0.3) is 0 Å². The number of aromatic nitrogens is 2. The third-order valence-corrected chi connectivity index (χ3v) is 4.52. The summed E-state index contributed by atoms with van der Waals surface area (Å²) in [7, 11) is 0. The van der Waals surface area contributed by atoms with Gasteiger partial charge in [0.05, 0.1) is 0 Å². The molecule has 3 rings (SSSR count). The molecule has 1 aliphatic heterocycles. The van der Waals surface area contributed by atoms with E-state index in [1.54, 1.807) is 6.07 Å². The monoisotopic (exact) mass is 324 g/mol. The highest BCUT2D eigenvalue weighted by Crippen LogP contribution is 2.27. The summed E-state index contributed by atoms with van der Waals surface area (Å²) in [4.78, 5) is 11.3. The van der Waals surface area contributed by atoms with Crippen LogP contribution in [0.5, 0.6) is 0 Å². The molecule has 6 nitrogen and oxygen atoms in total. The Hall–Kier alpha value is -2.39. The average molecular weight is 324 g/mol. The number of rotatable bonds is 5. The molecule has 1 fully saturated rings. The number of pyridine rings is 2. The van der Waals surface area contributed by atoms with Crippen LogP contribution in [0, 0.1) is 11.3 Å². The Balaban J connectivity index is 2.00. The van der Waals surface area contributed by atoms with E-state index in [4.69, 9.17) is 0 Å². The summed E-state index contributed by atoms with van der Waals surface area (Å²) in [6.45, 7) is 7.97. The summed E-state index contributed by atoms with van der Waals surface area (Å²) >= 11 is 0. The van der Waals surface area contributed by atoms with Gasteiger partial charge in [-0.05, 0) is 45.4 Å². The lowest BCUT2D eigenvalue weighted by atomic mass is 10.1. The van der Waals surface area contributed by atoms with Gasteiger partial charge in [-0.1, -0.05) is 0 Å². The van der Waals surface area contributed by atoms with Gasteiger partial charge in [-0.2, -0.15) is 5.26 Å². The van der Waals surface area contributed by atoms with Crippen LogP contribution in [-0.2, 0) is 0 Å². The summed E-state index contributed by atoms with van der Waals surface area (Å²) in [5.41, 5.74) is 0.434. The van der Waals surface area contributed by atoms with Crippen molar-refractivity contribution in [1.29, 1.82) is 5.26 Å². The highest BCUT2D eigenvalue weighted by atomic mass is 15.2. The molecule has 0 aromatic carbocycles. The van der Waals surface area contributed by atoms with Gasteiger partial charge in [-0.3, -0.25) is 0 Å². The third kappa shape index (κ3) is 3.41. The molecule has 24 heavy (non-hydrogen) atoms. The van der Waals surface area contributed by atoms with E-state index in [1.165, 1.54) is 6.42 Å². The molecular formula is C18H24N6. The summed E-state index contributed by atoms with van der Waals surface area (Å²) in [6, 6.07) is 6.43. The maximum Gasteiger partial charge on any atom is 0.143 e. The first kappa shape index (κ1) is 16.5. The van der Waals surface area contributed by atoms with Crippen LogP contribution in [0.25, 0.3) is 10.8 Å². The van der Waals surface area contributed by atoms with E-state index >= 15 is 0 Å². The molecule has 0 bridgehead atoms. The van der Waals surface area contributed by atoms with E-state index in [9.17, 15) is 5.26 Å². The van der Waals surface area contributed by atoms with Gasteiger partial charge in [0.2, 0.25) is 0 Å². The van der Waals surface area contributed by atoms with Crippen molar-refractivity contribution in [3.63, 3.8) is 0 Å². The minimum Gasteiger partial charge on any atom is -0.366 e. The molecule has 0 radical (unpaired) electrons. The summed E-state index contributed by atoms with van der Waals surface area (Å²) in [6.07, 6.45) is 4.17. The SMILES string of the molecule is CCN(CC)c1nc(C#N)cc2cnc(N[C@H]3CCCNC3)cc12. The number of nitrogens with zero attached hydrogens (tertiary/aromatic N) is 4. The van der Waals surface area contributed by atoms with Crippen LogP contribution < -0.4 is 15.5 Å². The van der Waals surface area contributed by atoms with E-state index in [2.05, 4.69) is 51.5 Å². The lowest BCUT2D eigenvalue weighted by Gasteiger charge is -2.25. The summed E-state index contributed by atoms with van der Waals surface area (Å²) in [5.74, 6) is 1.73. The van der Waals surface area contributed by atoms with Gasteiger partial charge < -0.3 is 15.5 Å². The van der Waals surface area contributed by atoms with Gasteiger partial charge in [-0.15, -0.1) is 0 Å². The zero-order valence-corrected chi connectivity index (χ0v) is 14.3. The van der Waals surface area contributed by atoms with Crippen molar-refractivity contribution >= 4 is 22.4 Å². The Labute approximate surface area is 142 Å². The van der Waals surface area contributed by atoms with Gasteiger partial charge >= 0.3 is 0 Å². The summed E-state index contributed by atoms with van der Waals surface area (Å²) < 4.78 is 0. The highest BCUT2D eigenvalue weighted by Gasteiger charge is 2.15. The molecule has 2 aromatic rings. The van der Waals surface area contributed by atoms with Gasteiger partial charge in [0, 0.05) is 42.6 Å². The molecule has 1 saturated heterocycles. The van der Waals surface area contributed by atoms with Crippen LogP contribution in [0.2, 0.25) is 0 Å². The molecule has 1 atom stereocenters. The van der Waals surface area contributed by atoms with Crippen molar-refractivity contribution in [2.24, 2.45) is 0 Å². The lowest BCUT2D eigenvalue weighted by molar-refractivity contribution is 0.479. The van der Waals surface area contributed by atoms with Crippen LogP contribution in [0.3, 0.4) is 0 Å². The second-order valence-corrected chi connectivity index (χ2v) is 6.09. The molecule has 2 aromatic heterocycles. The fourth-order valence-corrected chi connectivity index (χ4v) is 3.21. The van der Waals surface area contributed by atoms with Gasteiger partial charge in [-0.25, -0.2) is 9.97 Å². The van der Waals surface area contributed by atoms with Gasteiger partial charge in [0.15, 0.2) is 0 Å². The smallest absolute Gasteiger partial charge is 0.143 e. The van der Waals surface area contributed by atoms with E-state index in [-0.39, 0.29) is 0 Å². The Bertz CT molecular complexity index is 741. The number of anilines is 2. The van der Waals surface area contributed by atoms with Crippen molar-refractivity contribution in [3.8, 4) is 6.07 Å². The molecule has 0 spiro atoms. The minimum atomic E-state index is 0.409. The number of fused-ring (bicyclic) bond motifs is 1. The van der Waals surface area contributed by atoms with Crippen molar-refractivity contribution in [2.75, 3.05) is 36.4 Å². The third-order valence-electron chi connectivity index (χ3n) is 4.52. The van der Waals surface area contributed by atoms with Gasteiger partial charge in [0.1, 0.15) is 23.4 Å². The molecule has 126 valence electrons. The quantitative estimate of drug-likeness (QED) is 0.880. The first-order chi connectivity index (χ1) is 11.7. The van der Waals surface area contributed by atoms with Crippen molar-refractivity contribution < 1.29 is 0 Å². The number of nitrogens with one attached hydrogen (secondary N) is 2. The zero-order chi connectivity index (χ0) is 16.9. The Morgan fingerprint density at radius 2 is 2.21 bits per heavy atom. The zero-order valence-electron chi connectivity index (χ0n) is 14.3. The van der Waals surface area contributed by atoms with Crippen molar-refractivity contribution in [2.45, 2.75) is 32.7 Å². The number of piperidine rings is 1. The predicted molar refractivity (Wildman–Crippen MR) is 97.3 cm³/mol. The molecule has 0 saturated carbocycles. The van der Waals surface area contributed by atoms with E-state index in [0.717, 1.165) is 55.0 Å². The first-order valence-electron chi connectivity index (χ1n) is 8.68. The lowest BCUT2D eigenvalue weighted by Crippen LogP contribution is -2.38. The number of hydrogen-bond donors (Lipinski definition) is 2. The molecule has 0 amide bonds. The molecule has 6 heteroatoms. The fraction of sp³-hybridized carbons (Fsp3) is 0.500. The Kier molecular flexibility index (Phi) is 5.11. The second-order valence-electron chi connectivity index (χ2n) is 6.09. The maximum absolute atomic E-state index is 9.25. The van der Waals surface area contributed by atoms with E-state index in [1.807, 2.05) is 6.20 Å². The van der Waals surface area contributed by atoms with E-state index < -0.39 is 0 Å². The summed E-state index contributed by atoms with van der Waals surface area (Å²) in [5, 5.41) is 18.2. The molecule has 3 heterocycles. The molecule has 0 unspecified atom stereocenters. The van der Waals surface area contributed by atoms with Crippen LogP contribution >= 0.6 is 0 Å². The Morgan fingerprint density at radius 3 is 2.88 bits per heavy atom. The molecule has 1 aliphatic rings. The second kappa shape index (κ2) is 7.45. The molecule has 0 aliphatic carbocycles. The average Bonchev–Trinajstić information content (AvgIpc) is 2.63. The fourth-order valence-electron chi connectivity index (χ4n) is 3.21. The number of nitriles is 1. The largest absolute Gasteiger partial charge is 0.366 e. The predicted octanol–water partition coefficient (Wildman–Crippen LogP) is 2.51. The topological polar surface area (TPSA) is 76.9 Å². The first-order valence-corrected chi connectivity index (χ1v) is 8.68. The normalized spacial score (nSPS) is 17.5. The van der Waals surface area contributed by atoms with E-state index in [0.29, 0.717) is 11.7 Å². The molecular weight excluding hydrogens is 300 g/mol. The Morgan fingerprint density at radius 1 is 1.38 bits per heavy atom. The number of hydrogen-bond acceptors (Lipinski definition) is 6. The minimum absolute atomic E-state index is 0.409. The van der Waals surface area contributed by atoms with Crippen molar-refractivity contribution in [3.05, 3.63) is 24.0 Å².